The maximum Gasteiger partial charge on any atom is 0.250 e. The van der Waals surface area contributed by atoms with Crippen LogP contribution in [0.5, 0.6) is 11.6 Å². The van der Waals surface area contributed by atoms with Crippen LogP contribution in [0.25, 0.3) is 10.9 Å². The van der Waals surface area contributed by atoms with Gasteiger partial charge in [0.2, 0.25) is 5.88 Å². The second-order valence-corrected chi connectivity index (χ2v) is 4.20. The number of nitrogens with zero attached hydrogens (tertiary/aromatic N) is 4. The average Bonchev–Trinajstić information content (AvgIpc) is 2.54. The zero-order valence-electron chi connectivity index (χ0n) is 10.8. The fraction of sp³-hybridized carbons (Fsp3) is 0. The Morgan fingerprint density at radius 2 is 2.10 bits per heavy atom. The number of amidine groups is 1. The molecule has 0 bridgehead atoms. The predicted octanol–water partition coefficient (Wildman–Crippen LogP) is 1.91. The van der Waals surface area contributed by atoms with E-state index in [1.807, 2.05) is 18.2 Å². The number of benzene rings is 1. The summed E-state index contributed by atoms with van der Waals surface area (Å²) in [4.78, 5) is 4.25. The summed E-state index contributed by atoms with van der Waals surface area (Å²) in [5, 5.41) is 20.3. The van der Waals surface area contributed by atoms with E-state index in [2.05, 4.69) is 20.3 Å². The van der Waals surface area contributed by atoms with E-state index in [0.29, 0.717) is 11.3 Å². The highest BCUT2D eigenvalue weighted by molar-refractivity contribution is 5.99. The Morgan fingerprint density at radius 1 is 1.19 bits per heavy atom. The van der Waals surface area contributed by atoms with Crippen LogP contribution in [0.3, 0.4) is 0 Å². The topological polar surface area (TPSA) is 107 Å². The molecule has 0 aliphatic carbocycles. The van der Waals surface area contributed by atoms with Crippen LogP contribution in [0.1, 0.15) is 5.56 Å². The average molecular weight is 281 g/mol. The van der Waals surface area contributed by atoms with Gasteiger partial charge in [-0.1, -0.05) is 11.2 Å². The zero-order valence-corrected chi connectivity index (χ0v) is 10.8. The van der Waals surface area contributed by atoms with Crippen molar-refractivity contribution in [3.8, 4) is 11.6 Å². The van der Waals surface area contributed by atoms with E-state index in [4.69, 9.17) is 15.7 Å². The maximum absolute atomic E-state index is 8.77. The fourth-order valence-electron chi connectivity index (χ4n) is 1.86. The molecule has 0 atom stereocenters. The highest BCUT2D eigenvalue weighted by atomic mass is 16.5. The van der Waals surface area contributed by atoms with Crippen molar-refractivity contribution in [2.24, 2.45) is 10.9 Å². The second kappa shape index (κ2) is 5.41. The van der Waals surface area contributed by atoms with Crippen molar-refractivity contribution >= 4 is 16.7 Å². The summed E-state index contributed by atoms with van der Waals surface area (Å²) in [7, 11) is 0. The molecule has 0 radical (unpaired) electrons. The lowest BCUT2D eigenvalue weighted by Crippen LogP contribution is -2.15. The number of hydrogen-bond acceptors (Lipinski definition) is 6. The highest BCUT2D eigenvalue weighted by Gasteiger charge is 2.11. The van der Waals surface area contributed by atoms with Crippen LogP contribution in [-0.2, 0) is 0 Å². The van der Waals surface area contributed by atoms with Crippen LogP contribution < -0.4 is 10.5 Å². The van der Waals surface area contributed by atoms with Gasteiger partial charge in [0.05, 0.1) is 17.3 Å². The third-order valence-electron chi connectivity index (χ3n) is 2.86. The van der Waals surface area contributed by atoms with Crippen LogP contribution in [0.4, 0.5) is 0 Å². The van der Waals surface area contributed by atoms with E-state index >= 15 is 0 Å². The van der Waals surface area contributed by atoms with Crippen molar-refractivity contribution in [3.63, 3.8) is 0 Å². The Labute approximate surface area is 119 Å². The third kappa shape index (κ3) is 2.57. The van der Waals surface area contributed by atoms with Crippen molar-refractivity contribution in [1.82, 2.24) is 15.2 Å². The number of ether oxygens (including phenoxy) is 1. The molecule has 7 nitrogen and oxygen atoms in total. The van der Waals surface area contributed by atoms with Gasteiger partial charge in [0.25, 0.3) is 0 Å². The molecule has 104 valence electrons. The van der Waals surface area contributed by atoms with Crippen LogP contribution >= 0.6 is 0 Å². The minimum Gasteiger partial charge on any atom is -0.437 e. The lowest BCUT2D eigenvalue weighted by molar-refractivity contribution is 0.318. The number of fused-ring (bicyclic) bond motifs is 1. The predicted molar refractivity (Wildman–Crippen MR) is 76.4 cm³/mol. The summed E-state index contributed by atoms with van der Waals surface area (Å²) in [5.41, 5.74) is 6.73. The molecule has 21 heavy (non-hydrogen) atoms. The molecule has 3 aromatic rings. The van der Waals surface area contributed by atoms with Crippen molar-refractivity contribution in [3.05, 3.63) is 54.4 Å². The molecule has 0 aliphatic rings. The van der Waals surface area contributed by atoms with Gasteiger partial charge in [-0.3, -0.25) is 4.98 Å². The molecular weight excluding hydrogens is 270 g/mol. The number of rotatable bonds is 3. The van der Waals surface area contributed by atoms with Crippen molar-refractivity contribution in [2.75, 3.05) is 0 Å². The number of pyridine rings is 1. The smallest absolute Gasteiger partial charge is 0.250 e. The van der Waals surface area contributed by atoms with Crippen molar-refractivity contribution < 1.29 is 9.94 Å². The summed E-state index contributed by atoms with van der Waals surface area (Å²) in [5.74, 6) is 0.593. The summed E-state index contributed by atoms with van der Waals surface area (Å²) in [6.45, 7) is 0. The van der Waals surface area contributed by atoms with Crippen molar-refractivity contribution in [1.29, 1.82) is 0 Å². The Bertz CT molecular complexity index is 819. The van der Waals surface area contributed by atoms with Gasteiger partial charge < -0.3 is 15.7 Å². The van der Waals surface area contributed by atoms with E-state index in [0.717, 1.165) is 10.9 Å². The van der Waals surface area contributed by atoms with Gasteiger partial charge >= 0.3 is 0 Å². The number of hydrogen-bond donors (Lipinski definition) is 2. The molecule has 3 rings (SSSR count). The molecule has 0 fully saturated rings. The molecule has 3 N–H and O–H groups in total. The molecule has 2 heterocycles. The Balaban J connectivity index is 1.99. The molecule has 0 unspecified atom stereocenters. The quantitative estimate of drug-likeness (QED) is 0.329. The standard InChI is InChI=1S/C14H11N5O2/c15-13(19-20)11-5-7-17-18-14(11)21-10-4-3-9-2-1-6-16-12(9)8-10/h1-8,20H,(H2,15,19). The van der Waals surface area contributed by atoms with E-state index in [1.165, 1.54) is 6.20 Å². The first kappa shape index (κ1) is 12.8. The van der Waals surface area contributed by atoms with E-state index in [9.17, 15) is 0 Å². The van der Waals surface area contributed by atoms with Gasteiger partial charge in [-0.15, -0.1) is 5.10 Å². The first-order valence-electron chi connectivity index (χ1n) is 6.10. The minimum absolute atomic E-state index is 0.0983. The zero-order chi connectivity index (χ0) is 14.7. The van der Waals surface area contributed by atoms with Gasteiger partial charge in [-0.05, 0) is 24.3 Å². The Hall–Kier alpha value is -3.22. The molecule has 7 heteroatoms. The number of nitrogens with two attached hydrogens (primary N) is 1. The lowest BCUT2D eigenvalue weighted by atomic mass is 10.2. The molecule has 0 saturated carbocycles. The minimum atomic E-state index is -0.0983. The third-order valence-corrected chi connectivity index (χ3v) is 2.86. The summed E-state index contributed by atoms with van der Waals surface area (Å²) >= 11 is 0. The molecule has 0 spiro atoms. The van der Waals surface area contributed by atoms with Crippen LogP contribution in [0.2, 0.25) is 0 Å². The summed E-state index contributed by atoms with van der Waals surface area (Å²) in [6, 6.07) is 10.8. The van der Waals surface area contributed by atoms with Crippen molar-refractivity contribution in [2.45, 2.75) is 0 Å². The van der Waals surface area contributed by atoms with Crippen LogP contribution in [0.15, 0.2) is 53.9 Å². The SMILES string of the molecule is N/C(=N/O)c1ccnnc1Oc1ccc2cccnc2c1. The monoisotopic (exact) mass is 281 g/mol. The summed E-state index contributed by atoms with van der Waals surface area (Å²) < 4.78 is 5.66. The molecule has 1 aromatic carbocycles. The summed E-state index contributed by atoms with van der Waals surface area (Å²) in [6.07, 6.45) is 3.14. The molecular formula is C14H11N5O2. The Kier molecular flexibility index (Phi) is 3.30. The van der Waals surface area contributed by atoms with Gasteiger partial charge in [0, 0.05) is 17.6 Å². The van der Waals surface area contributed by atoms with E-state index in [1.54, 1.807) is 24.4 Å². The first-order chi connectivity index (χ1) is 10.3. The highest BCUT2D eigenvalue weighted by Crippen LogP contribution is 2.25. The number of oxime groups is 1. The van der Waals surface area contributed by atoms with Crippen LogP contribution in [-0.4, -0.2) is 26.2 Å². The van der Waals surface area contributed by atoms with Gasteiger partial charge in [0.15, 0.2) is 5.84 Å². The second-order valence-electron chi connectivity index (χ2n) is 4.20. The van der Waals surface area contributed by atoms with Gasteiger partial charge in [-0.25, -0.2) is 0 Å². The first-order valence-corrected chi connectivity index (χ1v) is 6.10. The van der Waals surface area contributed by atoms with Crippen LogP contribution in [0, 0.1) is 0 Å². The van der Waals surface area contributed by atoms with Gasteiger partial charge in [-0.2, -0.15) is 5.10 Å². The largest absolute Gasteiger partial charge is 0.437 e. The number of aromatic nitrogens is 3. The Morgan fingerprint density at radius 3 is 2.95 bits per heavy atom. The molecule has 2 aromatic heterocycles. The molecule has 0 saturated heterocycles. The fourth-order valence-corrected chi connectivity index (χ4v) is 1.86. The van der Waals surface area contributed by atoms with Gasteiger partial charge in [0.1, 0.15) is 5.75 Å². The normalized spacial score (nSPS) is 11.5. The maximum atomic E-state index is 8.77. The lowest BCUT2D eigenvalue weighted by Gasteiger charge is -2.08. The van der Waals surface area contributed by atoms with E-state index < -0.39 is 0 Å². The molecule has 0 aliphatic heterocycles. The molecule has 0 amide bonds. The van der Waals surface area contributed by atoms with E-state index in [-0.39, 0.29) is 11.7 Å².